The zero-order chi connectivity index (χ0) is 25.1. The third kappa shape index (κ3) is 5.25. The number of aromatic nitrogens is 3. The number of amides is 3. The molecule has 1 atom stereocenters. The van der Waals surface area contributed by atoms with Crippen molar-refractivity contribution in [2.75, 3.05) is 5.32 Å². The third-order valence-electron chi connectivity index (χ3n) is 5.46. The van der Waals surface area contributed by atoms with Gasteiger partial charge in [-0.15, -0.1) is 0 Å². The first-order chi connectivity index (χ1) is 16.7. The molecule has 4 aromatic rings. The zero-order valence-electron chi connectivity index (χ0n) is 19.8. The van der Waals surface area contributed by atoms with E-state index in [1.165, 1.54) is 4.57 Å². The number of nitrogens with zero attached hydrogens (tertiary/aromatic N) is 3. The minimum atomic E-state index is -0.719. The van der Waals surface area contributed by atoms with Crippen molar-refractivity contribution in [1.29, 1.82) is 0 Å². The molecule has 4 rings (SSSR count). The zero-order valence-corrected chi connectivity index (χ0v) is 20.6. The number of carbonyl (C=O) groups excluding carboxylic acids is 2. The molecule has 0 aliphatic rings. The molecule has 0 aliphatic heterocycles. The number of thioether (sulfide) groups is 1. The smallest absolute Gasteiger partial charge is 0.307 e. The van der Waals surface area contributed by atoms with Gasteiger partial charge in [0.1, 0.15) is 5.82 Å². The van der Waals surface area contributed by atoms with Crippen molar-refractivity contribution in [2.24, 2.45) is 0 Å². The van der Waals surface area contributed by atoms with Gasteiger partial charge in [0.05, 0.1) is 16.2 Å². The quantitative estimate of drug-likeness (QED) is 0.316. The molecular formula is C26H25N5O3S. The van der Waals surface area contributed by atoms with Gasteiger partial charge in [0.15, 0.2) is 5.16 Å². The molecule has 178 valence electrons. The fraction of sp³-hybridized carbons (Fsp3) is 0.192. The van der Waals surface area contributed by atoms with Crippen molar-refractivity contribution >= 4 is 40.3 Å². The van der Waals surface area contributed by atoms with E-state index in [1.54, 1.807) is 49.5 Å². The van der Waals surface area contributed by atoms with Crippen LogP contribution in [0.5, 0.6) is 0 Å². The number of rotatable bonds is 5. The Morgan fingerprint density at radius 1 is 1.00 bits per heavy atom. The summed E-state index contributed by atoms with van der Waals surface area (Å²) >= 11 is 1.08. The van der Waals surface area contributed by atoms with Crippen LogP contribution >= 0.6 is 11.8 Å². The molecule has 35 heavy (non-hydrogen) atoms. The number of carbonyl (C=O) groups is 2. The fourth-order valence-corrected chi connectivity index (χ4v) is 4.53. The van der Waals surface area contributed by atoms with Gasteiger partial charge in [-0.3, -0.25) is 14.9 Å². The van der Waals surface area contributed by atoms with Crippen LogP contribution in [-0.2, 0) is 4.79 Å². The average Bonchev–Trinajstić information content (AvgIpc) is 2.82. The lowest BCUT2D eigenvalue weighted by atomic mass is 10.1. The molecule has 2 aromatic heterocycles. The van der Waals surface area contributed by atoms with Crippen LogP contribution in [-0.4, -0.2) is 31.7 Å². The number of imide groups is 1. The number of nitrogens with one attached hydrogen (secondary N) is 2. The number of pyridine rings is 1. The monoisotopic (exact) mass is 487 g/mol. The van der Waals surface area contributed by atoms with Crippen molar-refractivity contribution in [2.45, 2.75) is 38.1 Å². The highest BCUT2D eigenvalue weighted by Gasteiger charge is 2.23. The molecule has 2 heterocycles. The molecule has 0 fully saturated rings. The number of benzene rings is 2. The van der Waals surface area contributed by atoms with Crippen molar-refractivity contribution in [3.8, 4) is 5.82 Å². The van der Waals surface area contributed by atoms with Crippen LogP contribution in [0.1, 0.15) is 23.6 Å². The Morgan fingerprint density at radius 2 is 1.77 bits per heavy atom. The van der Waals surface area contributed by atoms with E-state index in [1.807, 2.05) is 39.0 Å². The van der Waals surface area contributed by atoms with Crippen LogP contribution in [0.2, 0.25) is 0 Å². The van der Waals surface area contributed by atoms with Gasteiger partial charge >= 0.3 is 6.03 Å². The lowest BCUT2D eigenvalue weighted by molar-refractivity contribution is -0.119. The number of para-hydroxylation sites is 1. The second kappa shape index (κ2) is 10.1. The standard InChI is InChI=1S/C26H25N5O3S/c1-15-11-12-20(17(3)14-15)28-25(34)30-23(32)18(4)35-26-29-21-10-6-5-9-19(21)24(33)31(26)22-16(2)8-7-13-27-22/h5-14,18H,1-4H3,(H2,28,30,32,34). The topological polar surface area (TPSA) is 106 Å². The highest BCUT2D eigenvalue weighted by Crippen LogP contribution is 2.25. The second-order valence-electron chi connectivity index (χ2n) is 8.22. The van der Waals surface area contributed by atoms with E-state index >= 15 is 0 Å². The summed E-state index contributed by atoms with van der Waals surface area (Å²) in [7, 11) is 0. The summed E-state index contributed by atoms with van der Waals surface area (Å²) in [6.45, 7) is 7.35. The van der Waals surface area contributed by atoms with Crippen LogP contribution in [0.4, 0.5) is 10.5 Å². The van der Waals surface area contributed by atoms with E-state index in [0.29, 0.717) is 27.6 Å². The lowest BCUT2D eigenvalue weighted by Crippen LogP contribution is -2.39. The first-order valence-corrected chi connectivity index (χ1v) is 11.9. The third-order valence-corrected chi connectivity index (χ3v) is 6.51. The first-order valence-electron chi connectivity index (χ1n) is 11.0. The number of anilines is 1. The Hall–Kier alpha value is -3.98. The summed E-state index contributed by atoms with van der Waals surface area (Å²) in [5.74, 6) is -0.0672. The van der Waals surface area contributed by atoms with E-state index in [2.05, 4.69) is 20.6 Å². The number of urea groups is 1. The number of hydrogen-bond acceptors (Lipinski definition) is 6. The number of aryl methyl sites for hydroxylation is 3. The summed E-state index contributed by atoms with van der Waals surface area (Å²) in [5.41, 5.74) is 3.62. The van der Waals surface area contributed by atoms with Gasteiger partial charge in [0.2, 0.25) is 5.91 Å². The van der Waals surface area contributed by atoms with Crippen molar-refractivity contribution in [3.05, 3.63) is 87.8 Å². The van der Waals surface area contributed by atoms with Gasteiger partial charge in [0, 0.05) is 11.9 Å². The van der Waals surface area contributed by atoms with E-state index < -0.39 is 17.2 Å². The maximum absolute atomic E-state index is 13.4. The average molecular weight is 488 g/mol. The molecule has 2 N–H and O–H groups in total. The van der Waals surface area contributed by atoms with E-state index in [9.17, 15) is 14.4 Å². The van der Waals surface area contributed by atoms with Gasteiger partial charge in [-0.2, -0.15) is 0 Å². The highest BCUT2D eigenvalue weighted by atomic mass is 32.2. The predicted molar refractivity (Wildman–Crippen MR) is 138 cm³/mol. The summed E-state index contributed by atoms with van der Waals surface area (Å²) in [5, 5.41) is 5.12. The molecule has 8 nitrogen and oxygen atoms in total. The van der Waals surface area contributed by atoms with Gasteiger partial charge < -0.3 is 5.32 Å². The first kappa shape index (κ1) is 24.2. The molecule has 0 saturated heterocycles. The SMILES string of the molecule is Cc1ccc(NC(=O)NC(=O)C(C)Sc2nc3ccccc3c(=O)n2-c2ncccc2C)c(C)c1. The van der Waals surface area contributed by atoms with E-state index in [4.69, 9.17) is 0 Å². The highest BCUT2D eigenvalue weighted by molar-refractivity contribution is 8.00. The van der Waals surface area contributed by atoms with Gasteiger partial charge in [-0.25, -0.2) is 19.3 Å². The molecule has 0 radical (unpaired) electrons. The van der Waals surface area contributed by atoms with Gasteiger partial charge in [-0.05, 0) is 63.1 Å². The largest absolute Gasteiger partial charge is 0.325 e. The summed E-state index contributed by atoms with van der Waals surface area (Å²) < 4.78 is 1.42. The Balaban J connectivity index is 1.60. The molecule has 9 heteroatoms. The second-order valence-corrected chi connectivity index (χ2v) is 9.53. The van der Waals surface area contributed by atoms with Crippen molar-refractivity contribution in [3.63, 3.8) is 0 Å². The van der Waals surface area contributed by atoms with Crippen LogP contribution < -0.4 is 16.2 Å². The molecule has 0 saturated carbocycles. The molecule has 0 aliphatic carbocycles. The molecule has 2 aromatic carbocycles. The molecule has 0 bridgehead atoms. The Morgan fingerprint density at radius 3 is 2.51 bits per heavy atom. The Labute approximate surface area is 206 Å². The predicted octanol–water partition coefficient (Wildman–Crippen LogP) is 4.53. The molecular weight excluding hydrogens is 462 g/mol. The van der Waals surface area contributed by atoms with Gasteiger partial charge in [-0.1, -0.05) is 47.7 Å². The van der Waals surface area contributed by atoms with Crippen molar-refractivity contribution in [1.82, 2.24) is 19.9 Å². The van der Waals surface area contributed by atoms with Crippen LogP contribution in [0.25, 0.3) is 16.7 Å². The fourth-order valence-electron chi connectivity index (χ4n) is 3.62. The van der Waals surface area contributed by atoms with Crippen LogP contribution in [0, 0.1) is 20.8 Å². The van der Waals surface area contributed by atoms with E-state index in [-0.39, 0.29) is 5.56 Å². The number of fused-ring (bicyclic) bond motifs is 1. The summed E-state index contributed by atoms with van der Waals surface area (Å²) in [6.07, 6.45) is 1.60. The number of hydrogen-bond donors (Lipinski definition) is 2. The Kier molecular flexibility index (Phi) is 6.97. The van der Waals surface area contributed by atoms with Crippen molar-refractivity contribution < 1.29 is 9.59 Å². The maximum atomic E-state index is 13.4. The molecule has 0 spiro atoms. The van der Waals surface area contributed by atoms with Crippen LogP contribution in [0.15, 0.2) is 70.7 Å². The molecule has 3 amide bonds. The normalized spacial score (nSPS) is 11.8. The minimum Gasteiger partial charge on any atom is -0.307 e. The van der Waals surface area contributed by atoms with Gasteiger partial charge in [0.25, 0.3) is 5.56 Å². The van der Waals surface area contributed by atoms with E-state index in [0.717, 1.165) is 28.5 Å². The maximum Gasteiger partial charge on any atom is 0.325 e. The van der Waals surface area contributed by atoms with Crippen LogP contribution in [0.3, 0.4) is 0 Å². The summed E-state index contributed by atoms with van der Waals surface area (Å²) in [4.78, 5) is 47.7. The Bertz CT molecular complexity index is 1500. The summed E-state index contributed by atoms with van der Waals surface area (Å²) in [6, 6.07) is 15.7. The lowest BCUT2D eigenvalue weighted by Gasteiger charge is -2.17. The molecule has 1 unspecified atom stereocenters. The minimum absolute atomic E-state index is 0.278.